The molecule has 0 N–H and O–H groups in total. The Balaban J connectivity index is 1.77. The van der Waals surface area contributed by atoms with E-state index in [-0.39, 0.29) is 5.91 Å². The number of rotatable bonds is 4. The lowest BCUT2D eigenvalue weighted by molar-refractivity contribution is -0.129. The quantitative estimate of drug-likeness (QED) is 0.677. The van der Waals surface area contributed by atoms with E-state index in [9.17, 15) is 4.79 Å². The summed E-state index contributed by atoms with van der Waals surface area (Å²) in [7, 11) is 3.87. The lowest BCUT2D eigenvalue weighted by atomic mass is 10.1. The molecular formula is C19H19BrN2O. The van der Waals surface area contributed by atoms with Gasteiger partial charge in [0.2, 0.25) is 5.91 Å². The molecule has 0 bridgehead atoms. The summed E-state index contributed by atoms with van der Waals surface area (Å²) < 4.78 is 3.11. The number of amides is 1. The normalized spacial score (nSPS) is 10.9. The van der Waals surface area contributed by atoms with E-state index >= 15 is 0 Å². The van der Waals surface area contributed by atoms with Crippen molar-refractivity contribution < 1.29 is 4.79 Å². The molecule has 0 fully saturated rings. The highest BCUT2D eigenvalue weighted by Gasteiger charge is 2.14. The fourth-order valence-electron chi connectivity index (χ4n) is 2.83. The summed E-state index contributed by atoms with van der Waals surface area (Å²) >= 11 is 3.54. The minimum absolute atomic E-state index is 0.122. The molecule has 2 aromatic carbocycles. The van der Waals surface area contributed by atoms with Crippen LogP contribution in [-0.4, -0.2) is 22.4 Å². The largest absolute Gasteiger partial charge is 0.350 e. The molecule has 23 heavy (non-hydrogen) atoms. The predicted molar refractivity (Wildman–Crippen MR) is 97.2 cm³/mol. The Morgan fingerprint density at radius 3 is 2.57 bits per heavy atom. The summed E-state index contributed by atoms with van der Waals surface area (Å²) in [6.45, 7) is 0.602. The van der Waals surface area contributed by atoms with Crippen LogP contribution >= 0.6 is 15.9 Å². The molecule has 3 rings (SSSR count). The van der Waals surface area contributed by atoms with Crippen LogP contribution in [0.4, 0.5) is 0 Å². The number of para-hydroxylation sites is 1. The highest BCUT2D eigenvalue weighted by atomic mass is 79.9. The van der Waals surface area contributed by atoms with E-state index in [1.807, 2.05) is 50.5 Å². The molecule has 0 aliphatic carbocycles. The third-order valence-corrected chi connectivity index (χ3v) is 4.89. The summed E-state index contributed by atoms with van der Waals surface area (Å²) in [5.41, 5.74) is 3.34. The lowest BCUT2D eigenvalue weighted by Crippen LogP contribution is -2.27. The first-order chi connectivity index (χ1) is 11.1. The SMILES string of the molecule is CN(Cc1ccccc1Br)C(=O)Cc1cn(C)c2ccccc12. The van der Waals surface area contributed by atoms with Gasteiger partial charge in [-0.1, -0.05) is 52.3 Å². The Kier molecular flexibility index (Phi) is 4.53. The summed E-state index contributed by atoms with van der Waals surface area (Å²) in [5.74, 6) is 0.122. The van der Waals surface area contributed by atoms with Crippen molar-refractivity contribution in [3.05, 3.63) is 70.3 Å². The molecule has 0 aliphatic rings. The first-order valence-corrected chi connectivity index (χ1v) is 8.36. The van der Waals surface area contributed by atoms with Gasteiger partial charge in [0.15, 0.2) is 0 Å². The van der Waals surface area contributed by atoms with Crippen LogP contribution in [0.1, 0.15) is 11.1 Å². The number of benzene rings is 2. The van der Waals surface area contributed by atoms with Gasteiger partial charge in [0.05, 0.1) is 6.42 Å². The molecule has 0 aliphatic heterocycles. The number of likely N-dealkylation sites (N-methyl/N-ethyl adjacent to an activating group) is 1. The molecule has 3 nitrogen and oxygen atoms in total. The van der Waals surface area contributed by atoms with Gasteiger partial charge in [0.25, 0.3) is 0 Å². The molecule has 0 radical (unpaired) electrons. The smallest absolute Gasteiger partial charge is 0.227 e. The monoisotopic (exact) mass is 370 g/mol. The molecule has 118 valence electrons. The Morgan fingerprint density at radius 1 is 1.09 bits per heavy atom. The molecule has 0 unspecified atom stereocenters. The van der Waals surface area contributed by atoms with Gasteiger partial charge in [-0.2, -0.15) is 0 Å². The van der Waals surface area contributed by atoms with Crippen LogP contribution in [-0.2, 0) is 24.8 Å². The second-order valence-electron chi connectivity index (χ2n) is 5.80. The zero-order chi connectivity index (χ0) is 16.4. The number of fused-ring (bicyclic) bond motifs is 1. The van der Waals surface area contributed by atoms with Crippen LogP contribution < -0.4 is 0 Å². The highest BCUT2D eigenvalue weighted by Crippen LogP contribution is 2.22. The number of carbonyl (C=O) groups is 1. The molecule has 0 atom stereocenters. The van der Waals surface area contributed by atoms with E-state index in [1.165, 1.54) is 0 Å². The maximum absolute atomic E-state index is 12.6. The van der Waals surface area contributed by atoms with Crippen molar-refractivity contribution in [1.82, 2.24) is 9.47 Å². The van der Waals surface area contributed by atoms with Gasteiger partial charge in [-0.3, -0.25) is 4.79 Å². The maximum Gasteiger partial charge on any atom is 0.227 e. The Bertz CT molecular complexity index is 853. The van der Waals surface area contributed by atoms with Crippen LogP contribution in [0.3, 0.4) is 0 Å². The predicted octanol–water partition coefficient (Wildman–Crippen LogP) is 4.14. The van der Waals surface area contributed by atoms with E-state index < -0.39 is 0 Å². The molecular weight excluding hydrogens is 352 g/mol. The minimum atomic E-state index is 0.122. The number of hydrogen-bond donors (Lipinski definition) is 0. The van der Waals surface area contributed by atoms with Gasteiger partial charge < -0.3 is 9.47 Å². The standard InChI is InChI=1S/C19H19BrN2O/c1-21-13-15(16-8-4-6-10-18(16)21)11-19(23)22(2)12-14-7-3-5-9-17(14)20/h3-10,13H,11-12H2,1-2H3. The van der Waals surface area contributed by atoms with Crippen LogP contribution in [0.5, 0.6) is 0 Å². The number of carbonyl (C=O) groups excluding carboxylic acids is 1. The number of aromatic nitrogens is 1. The summed E-state index contributed by atoms with van der Waals surface area (Å²) in [5, 5.41) is 1.15. The van der Waals surface area contributed by atoms with Crippen molar-refractivity contribution in [3.63, 3.8) is 0 Å². The third kappa shape index (κ3) is 3.32. The molecule has 0 saturated heterocycles. The molecule has 1 heterocycles. The molecule has 0 spiro atoms. The molecule has 3 aromatic rings. The van der Waals surface area contributed by atoms with Gasteiger partial charge in [-0.15, -0.1) is 0 Å². The second kappa shape index (κ2) is 6.59. The number of hydrogen-bond acceptors (Lipinski definition) is 1. The van der Waals surface area contributed by atoms with Crippen molar-refractivity contribution >= 4 is 32.7 Å². The summed E-state index contributed by atoms with van der Waals surface area (Å²) in [4.78, 5) is 14.4. The maximum atomic E-state index is 12.6. The zero-order valence-electron chi connectivity index (χ0n) is 13.3. The number of nitrogens with zero attached hydrogens (tertiary/aromatic N) is 2. The first-order valence-electron chi connectivity index (χ1n) is 7.56. The van der Waals surface area contributed by atoms with Crippen molar-refractivity contribution in [2.24, 2.45) is 7.05 Å². The minimum Gasteiger partial charge on any atom is -0.350 e. The number of aryl methyl sites for hydroxylation is 1. The average Bonchev–Trinajstić information content (AvgIpc) is 2.86. The Labute approximate surface area is 144 Å². The zero-order valence-corrected chi connectivity index (χ0v) is 14.9. The Hall–Kier alpha value is -2.07. The van der Waals surface area contributed by atoms with Crippen molar-refractivity contribution in [1.29, 1.82) is 0 Å². The van der Waals surface area contributed by atoms with Crippen molar-refractivity contribution in [2.75, 3.05) is 7.05 Å². The molecule has 4 heteroatoms. The lowest BCUT2D eigenvalue weighted by Gasteiger charge is -2.18. The fourth-order valence-corrected chi connectivity index (χ4v) is 3.24. The third-order valence-electron chi connectivity index (χ3n) is 4.11. The first kappa shape index (κ1) is 15.8. The van der Waals surface area contributed by atoms with Crippen molar-refractivity contribution in [2.45, 2.75) is 13.0 Å². The topological polar surface area (TPSA) is 25.2 Å². The highest BCUT2D eigenvalue weighted by molar-refractivity contribution is 9.10. The van der Waals surface area contributed by atoms with Crippen LogP contribution in [0, 0.1) is 0 Å². The van der Waals surface area contributed by atoms with E-state index in [0.717, 1.165) is 26.5 Å². The van der Waals surface area contributed by atoms with Crippen LogP contribution in [0.15, 0.2) is 59.2 Å². The van der Waals surface area contributed by atoms with E-state index in [1.54, 1.807) is 4.90 Å². The molecule has 1 aromatic heterocycles. The molecule has 1 amide bonds. The van der Waals surface area contributed by atoms with Gasteiger partial charge >= 0.3 is 0 Å². The summed E-state index contributed by atoms with van der Waals surface area (Å²) in [6, 6.07) is 16.2. The van der Waals surface area contributed by atoms with E-state index in [0.29, 0.717) is 13.0 Å². The Morgan fingerprint density at radius 2 is 1.78 bits per heavy atom. The van der Waals surface area contributed by atoms with E-state index in [4.69, 9.17) is 0 Å². The van der Waals surface area contributed by atoms with Gasteiger partial charge in [0.1, 0.15) is 0 Å². The number of halogens is 1. The molecule has 0 saturated carbocycles. The fraction of sp³-hybridized carbons (Fsp3) is 0.211. The van der Waals surface area contributed by atoms with Gasteiger partial charge in [0, 0.05) is 42.2 Å². The van der Waals surface area contributed by atoms with Crippen LogP contribution in [0.2, 0.25) is 0 Å². The van der Waals surface area contributed by atoms with Gasteiger partial charge in [-0.25, -0.2) is 0 Å². The van der Waals surface area contributed by atoms with Gasteiger partial charge in [-0.05, 0) is 23.3 Å². The second-order valence-corrected chi connectivity index (χ2v) is 6.65. The van der Waals surface area contributed by atoms with Crippen LogP contribution in [0.25, 0.3) is 10.9 Å². The van der Waals surface area contributed by atoms with Crippen molar-refractivity contribution in [3.8, 4) is 0 Å². The summed E-state index contributed by atoms with van der Waals surface area (Å²) in [6.07, 6.45) is 2.47. The van der Waals surface area contributed by atoms with E-state index in [2.05, 4.69) is 38.8 Å². The average molecular weight is 371 g/mol.